The Morgan fingerprint density at radius 2 is 1.92 bits per heavy atom. The van der Waals surface area contributed by atoms with Gasteiger partial charge < -0.3 is 14.9 Å². The molecule has 2 aromatic rings. The Labute approximate surface area is 141 Å². The van der Waals surface area contributed by atoms with Crippen LogP contribution in [0.5, 0.6) is 11.5 Å². The number of methoxy groups -OCH3 is 1. The van der Waals surface area contributed by atoms with Gasteiger partial charge in [0.25, 0.3) is 0 Å². The molecule has 1 heterocycles. The molecule has 128 valence electrons. The number of hydroxylamine groups is 3. The Balaban J connectivity index is 1.97. The Morgan fingerprint density at radius 1 is 1.21 bits per heavy atom. The van der Waals surface area contributed by atoms with E-state index >= 15 is 0 Å². The standard InChI is InChI=1S/C19H23NO4/c1-20(23)8-7-14-10-15(12-21)19(22)11-17(14)18(20)9-13-3-5-16(24-2)6-4-13/h3-6,10-11,18,21,23H,7-9,12H2,1-2H3/p+1. The lowest BCUT2D eigenvalue weighted by atomic mass is 9.87. The van der Waals surface area contributed by atoms with Crippen molar-refractivity contribution in [3.05, 3.63) is 58.7 Å². The van der Waals surface area contributed by atoms with E-state index in [0.29, 0.717) is 24.9 Å². The van der Waals surface area contributed by atoms with Gasteiger partial charge in [-0.2, -0.15) is 4.65 Å². The molecule has 24 heavy (non-hydrogen) atoms. The summed E-state index contributed by atoms with van der Waals surface area (Å²) in [4.78, 5) is 0. The normalized spacial score (nSPS) is 22.9. The van der Waals surface area contributed by atoms with Crippen LogP contribution in [0.15, 0.2) is 36.4 Å². The molecule has 1 aliphatic heterocycles. The fourth-order valence-electron chi connectivity index (χ4n) is 3.45. The van der Waals surface area contributed by atoms with Crippen LogP contribution in [-0.2, 0) is 19.4 Å². The van der Waals surface area contributed by atoms with Crippen molar-refractivity contribution in [1.82, 2.24) is 0 Å². The summed E-state index contributed by atoms with van der Waals surface area (Å²) < 4.78 is 5.07. The molecule has 5 heteroatoms. The third kappa shape index (κ3) is 3.11. The largest absolute Gasteiger partial charge is 0.508 e. The maximum atomic E-state index is 10.8. The fourth-order valence-corrected chi connectivity index (χ4v) is 3.45. The van der Waals surface area contributed by atoms with E-state index in [9.17, 15) is 15.4 Å². The van der Waals surface area contributed by atoms with Gasteiger partial charge in [-0.05, 0) is 35.4 Å². The number of nitrogens with zero attached hydrogens (tertiary/aromatic N) is 1. The number of aliphatic hydroxyl groups excluding tert-OH is 1. The smallest absolute Gasteiger partial charge is 0.148 e. The minimum absolute atomic E-state index is 0.0814. The Kier molecular flexibility index (Phi) is 4.49. The maximum Gasteiger partial charge on any atom is 0.148 e. The van der Waals surface area contributed by atoms with Crippen molar-refractivity contribution < 1.29 is 24.8 Å². The van der Waals surface area contributed by atoms with E-state index in [-0.39, 0.29) is 23.0 Å². The quantitative estimate of drug-likeness (QED) is 0.754. The van der Waals surface area contributed by atoms with E-state index in [1.807, 2.05) is 30.3 Å². The van der Waals surface area contributed by atoms with Crippen LogP contribution in [0.25, 0.3) is 0 Å². The van der Waals surface area contributed by atoms with Gasteiger partial charge in [0.1, 0.15) is 24.1 Å². The molecule has 0 radical (unpaired) electrons. The monoisotopic (exact) mass is 330 g/mol. The van der Waals surface area contributed by atoms with Gasteiger partial charge in [0.2, 0.25) is 0 Å². The van der Waals surface area contributed by atoms with Crippen LogP contribution in [-0.4, -0.2) is 40.8 Å². The summed E-state index contributed by atoms with van der Waals surface area (Å²) in [7, 11) is 3.43. The molecule has 2 aromatic carbocycles. The molecule has 0 aromatic heterocycles. The highest BCUT2D eigenvalue weighted by Gasteiger charge is 2.39. The molecule has 5 nitrogen and oxygen atoms in total. The highest BCUT2D eigenvalue weighted by atomic mass is 16.5. The summed E-state index contributed by atoms with van der Waals surface area (Å²) in [5.41, 5.74) is 3.65. The van der Waals surface area contributed by atoms with Crippen LogP contribution in [0.2, 0.25) is 0 Å². The molecular weight excluding hydrogens is 306 g/mol. The summed E-state index contributed by atoms with van der Waals surface area (Å²) in [6.07, 6.45) is 1.37. The molecule has 0 bridgehead atoms. The first kappa shape index (κ1) is 16.8. The first-order valence-corrected chi connectivity index (χ1v) is 8.11. The first-order valence-electron chi connectivity index (χ1n) is 8.11. The molecule has 0 saturated carbocycles. The molecule has 1 aliphatic rings. The predicted octanol–water partition coefficient (Wildman–Crippen LogP) is 2.57. The van der Waals surface area contributed by atoms with Crippen LogP contribution < -0.4 is 4.74 Å². The minimum atomic E-state index is -0.187. The number of phenols is 1. The van der Waals surface area contributed by atoms with Crippen LogP contribution in [0.3, 0.4) is 0 Å². The molecule has 0 aliphatic carbocycles. The lowest BCUT2D eigenvalue weighted by Crippen LogP contribution is -2.49. The van der Waals surface area contributed by atoms with Gasteiger partial charge in [0.05, 0.1) is 20.8 Å². The van der Waals surface area contributed by atoms with Gasteiger partial charge in [-0.25, -0.2) is 5.21 Å². The van der Waals surface area contributed by atoms with Crippen LogP contribution >= 0.6 is 0 Å². The zero-order chi connectivity index (χ0) is 17.3. The van der Waals surface area contributed by atoms with Crippen molar-refractivity contribution in [2.45, 2.75) is 25.5 Å². The van der Waals surface area contributed by atoms with Gasteiger partial charge in [-0.1, -0.05) is 12.1 Å². The minimum Gasteiger partial charge on any atom is -0.508 e. The lowest BCUT2D eigenvalue weighted by molar-refractivity contribution is -1.11. The zero-order valence-electron chi connectivity index (χ0n) is 14.1. The Bertz CT molecular complexity index is 725. The van der Waals surface area contributed by atoms with Crippen molar-refractivity contribution in [3.8, 4) is 11.5 Å². The second-order valence-corrected chi connectivity index (χ2v) is 6.59. The number of hydrogen-bond acceptors (Lipinski definition) is 4. The number of quaternary nitrogens is 1. The van der Waals surface area contributed by atoms with Crippen molar-refractivity contribution in [3.63, 3.8) is 0 Å². The number of fused-ring (bicyclic) bond motifs is 1. The average molecular weight is 330 g/mol. The topological polar surface area (TPSA) is 69.9 Å². The Hall–Kier alpha value is -2.08. The SMILES string of the molecule is COc1ccc(CC2c3cc(O)c(CO)cc3CC[N+]2(C)O)cc1. The molecule has 3 N–H and O–H groups in total. The summed E-state index contributed by atoms with van der Waals surface area (Å²) in [5.74, 6) is 0.882. The van der Waals surface area contributed by atoms with Gasteiger partial charge in [0.15, 0.2) is 0 Å². The summed E-state index contributed by atoms with van der Waals surface area (Å²) in [6, 6.07) is 11.2. The molecule has 2 atom stereocenters. The molecule has 2 unspecified atom stereocenters. The van der Waals surface area contributed by atoms with Crippen molar-refractivity contribution >= 4 is 0 Å². The van der Waals surface area contributed by atoms with E-state index in [1.54, 1.807) is 20.2 Å². The highest BCUT2D eigenvalue weighted by molar-refractivity contribution is 5.44. The van der Waals surface area contributed by atoms with Crippen molar-refractivity contribution in [2.75, 3.05) is 20.7 Å². The van der Waals surface area contributed by atoms with Gasteiger partial charge in [-0.15, -0.1) is 0 Å². The predicted molar refractivity (Wildman–Crippen MR) is 90.0 cm³/mol. The number of aliphatic hydroxyl groups is 1. The fraction of sp³-hybridized carbons (Fsp3) is 0.368. The summed E-state index contributed by atoms with van der Waals surface area (Å²) >= 11 is 0. The summed E-state index contributed by atoms with van der Waals surface area (Å²) in [5, 5.41) is 30.3. The number of likely N-dealkylation sites (N-methyl/N-ethyl adjacent to an activating group) is 1. The van der Waals surface area contributed by atoms with E-state index in [2.05, 4.69) is 0 Å². The van der Waals surface area contributed by atoms with E-state index in [4.69, 9.17) is 4.74 Å². The van der Waals surface area contributed by atoms with E-state index in [1.165, 1.54) is 0 Å². The van der Waals surface area contributed by atoms with Crippen LogP contribution in [0, 0.1) is 0 Å². The summed E-state index contributed by atoms with van der Waals surface area (Å²) in [6.45, 7) is 0.414. The third-order valence-corrected chi connectivity index (χ3v) is 4.96. The Morgan fingerprint density at radius 3 is 2.54 bits per heavy atom. The second kappa shape index (κ2) is 6.43. The number of ether oxygens (including phenoxy) is 1. The third-order valence-electron chi connectivity index (χ3n) is 4.96. The molecule has 0 amide bonds. The second-order valence-electron chi connectivity index (χ2n) is 6.59. The molecule has 3 rings (SSSR count). The molecule has 0 fully saturated rings. The van der Waals surface area contributed by atoms with Crippen LogP contribution in [0.1, 0.15) is 28.3 Å². The molecular formula is C19H24NO4+. The highest BCUT2D eigenvalue weighted by Crippen LogP contribution is 2.38. The number of aromatic hydroxyl groups is 1. The molecule has 0 spiro atoms. The first-order chi connectivity index (χ1) is 11.4. The number of rotatable bonds is 4. The number of hydrogen-bond donors (Lipinski definition) is 3. The van der Waals surface area contributed by atoms with Crippen molar-refractivity contribution in [1.29, 1.82) is 0 Å². The average Bonchev–Trinajstić information content (AvgIpc) is 2.58. The van der Waals surface area contributed by atoms with Gasteiger partial charge in [-0.3, -0.25) is 0 Å². The number of benzene rings is 2. The van der Waals surface area contributed by atoms with E-state index in [0.717, 1.165) is 22.4 Å². The van der Waals surface area contributed by atoms with E-state index < -0.39 is 0 Å². The lowest BCUT2D eigenvalue weighted by Gasteiger charge is -2.39. The van der Waals surface area contributed by atoms with Crippen LogP contribution in [0.4, 0.5) is 0 Å². The van der Waals surface area contributed by atoms with Crippen molar-refractivity contribution in [2.24, 2.45) is 0 Å². The molecule has 0 saturated heterocycles. The van der Waals surface area contributed by atoms with Gasteiger partial charge >= 0.3 is 0 Å². The maximum absolute atomic E-state index is 10.8. The van der Waals surface area contributed by atoms with Gasteiger partial charge in [0, 0.05) is 24.0 Å². The zero-order valence-corrected chi connectivity index (χ0v) is 14.1.